The smallest absolute Gasteiger partial charge is 0.390 e. The van der Waals surface area contributed by atoms with Crippen molar-refractivity contribution >= 4 is 11.8 Å². The van der Waals surface area contributed by atoms with Crippen LogP contribution in [0.5, 0.6) is 0 Å². The fourth-order valence-electron chi connectivity index (χ4n) is 1.38. The Hall–Kier alpha value is -2.24. The Morgan fingerprint density at radius 1 is 1.26 bits per heavy atom. The molecule has 0 bridgehead atoms. The van der Waals surface area contributed by atoms with E-state index in [4.69, 9.17) is 4.74 Å². The summed E-state index contributed by atoms with van der Waals surface area (Å²) < 4.78 is 4.77. The second kappa shape index (κ2) is 6.63. The minimum absolute atomic E-state index is 0.0446. The fourth-order valence-corrected chi connectivity index (χ4v) is 1.38. The highest BCUT2D eigenvalue weighted by Crippen LogP contribution is 2.08. The van der Waals surface area contributed by atoms with Gasteiger partial charge in [0.1, 0.15) is 0 Å². The number of rotatable bonds is 6. The zero-order chi connectivity index (χ0) is 14.4. The van der Waals surface area contributed by atoms with E-state index in [0.29, 0.717) is 0 Å². The predicted octanol–water partition coefficient (Wildman–Crippen LogP) is 1.71. The van der Waals surface area contributed by atoms with Crippen molar-refractivity contribution in [2.75, 3.05) is 6.61 Å². The molecule has 0 aliphatic rings. The number of hydrogen-bond acceptors (Lipinski definition) is 5. The topological polar surface area (TPSA) is 86.5 Å². The van der Waals surface area contributed by atoms with Gasteiger partial charge in [-0.05, 0) is 5.92 Å². The standard InChI is InChI=1S/C13H15NO5/c1-9(2)8-19-13(16)11(14(17)18)12(15)10-6-4-3-5-7-10/h3-7,9,11H,8H2,1-2H3. The van der Waals surface area contributed by atoms with Crippen LogP contribution in [0, 0.1) is 16.0 Å². The van der Waals surface area contributed by atoms with Gasteiger partial charge < -0.3 is 4.74 Å². The predicted molar refractivity (Wildman–Crippen MR) is 67.4 cm³/mol. The van der Waals surface area contributed by atoms with E-state index in [1.54, 1.807) is 32.0 Å². The van der Waals surface area contributed by atoms with E-state index in [9.17, 15) is 19.7 Å². The van der Waals surface area contributed by atoms with Gasteiger partial charge in [0.15, 0.2) is 0 Å². The van der Waals surface area contributed by atoms with E-state index in [-0.39, 0.29) is 18.1 Å². The second-order valence-corrected chi connectivity index (χ2v) is 4.44. The first-order valence-electron chi connectivity index (χ1n) is 5.83. The van der Waals surface area contributed by atoms with E-state index < -0.39 is 22.7 Å². The number of Topliss-reactive ketones (excluding diaryl/α,β-unsaturated/α-hetero) is 1. The summed E-state index contributed by atoms with van der Waals surface area (Å²) in [6.45, 7) is 3.65. The van der Waals surface area contributed by atoms with Crippen LogP contribution in [-0.4, -0.2) is 29.3 Å². The highest BCUT2D eigenvalue weighted by molar-refractivity contribution is 6.10. The van der Waals surface area contributed by atoms with E-state index in [0.717, 1.165) is 0 Å². The zero-order valence-electron chi connectivity index (χ0n) is 10.7. The summed E-state index contributed by atoms with van der Waals surface area (Å²) in [5, 5.41) is 10.9. The van der Waals surface area contributed by atoms with Crippen LogP contribution in [-0.2, 0) is 9.53 Å². The number of ketones is 1. The van der Waals surface area contributed by atoms with Gasteiger partial charge in [-0.25, -0.2) is 4.79 Å². The summed E-state index contributed by atoms with van der Waals surface area (Å²) in [6.07, 6.45) is 0. The lowest BCUT2D eigenvalue weighted by Crippen LogP contribution is -2.39. The van der Waals surface area contributed by atoms with Crippen LogP contribution in [0.25, 0.3) is 0 Å². The monoisotopic (exact) mass is 265 g/mol. The van der Waals surface area contributed by atoms with Gasteiger partial charge in [-0.15, -0.1) is 0 Å². The Balaban J connectivity index is 2.86. The van der Waals surface area contributed by atoms with Gasteiger partial charge in [0.2, 0.25) is 5.78 Å². The van der Waals surface area contributed by atoms with Crippen LogP contribution >= 0.6 is 0 Å². The number of ether oxygens (including phenoxy) is 1. The third-order valence-corrected chi connectivity index (χ3v) is 2.30. The van der Waals surface area contributed by atoms with Crippen molar-refractivity contribution < 1.29 is 19.2 Å². The van der Waals surface area contributed by atoms with Crippen LogP contribution in [0.1, 0.15) is 24.2 Å². The summed E-state index contributed by atoms with van der Waals surface area (Å²) in [5.74, 6) is -1.94. The number of carbonyl (C=O) groups excluding carboxylic acids is 2. The summed E-state index contributed by atoms with van der Waals surface area (Å²) in [5.41, 5.74) is 0.116. The maximum Gasteiger partial charge on any atom is 0.390 e. The molecule has 0 aliphatic carbocycles. The lowest BCUT2D eigenvalue weighted by atomic mass is 10.1. The largest absolute Gasteiger partial charge is 0.460 e. The summed E-state index contributed by atoms with van der Waals surface area (Å²) in [6, 6.07) is 5.67. The molecule has 0 fully saturated rings. The number of carbonyl (C=O) groups is 2. The Morgan fingerprint density at radius 2 is 1.84 bits per heavy atom. The molecule has 6 nitrogen and oxygen atoms in total. The lowest BCUT2D eigenvalue weighted by Gasteiger charge is -2.10. The van der Waals surface area contributed by atoms with Crippen LogP contribution in [0.15, 0.2) is 30.3 Å². The average molecular weight is 265 g/mol. The van der Waals surface area contributed by atoms with Crippen LogP contribution in [0.2, 0.25) is 0 Å². The molecule has 19 heavy (non-hydrogen) atoms. The molecule has 1 aromatic carbocycles. The van der Waals surface area contributed by atoms with E-state index in [1.807, 2.05) is 0 Å². The number of esters is 1. The van der Waals surface area contributed by atoms with Gasteiger partial charge in [-0.1, -0.05) is 44.2 Å². The molecule has 102 valence electrons. The number of nitro groups is 1. The van der Waals surface area contributed by atoms with Crippen molar-refractivity contribution in [1.82, 2.24) is 0 Å². The van der Waals surface area contributed by atoms with Gasteiger partial charge in [0.25, 0.3) is 0 Å². The molecular formula is C13H15NO5. The molecule has 1 rings (SSSR count). The van der Waals surface area contributed by atoms with Crippen molar-refractivity contribution in [3.05, 3.63) is 46.0 Å². The van der Waals surface area contributed by atoms with Crippen LogP contribution in [0.4, 0.5) is 0 Å². The zero-order valence-corrected chi connectivity index (χ0v) is 10.7. The number of hydrogen-bond donors (Lipinski definition) is 0. The highest BCUT2D eigenvalue weighted by atomic mass is 16.6. The van der Waals surface area contributed by atoms with Crippen molar-refractivity contribution in [2.45, 2.75) is 19.9 Å². The molecule has 0 N–H and O–H groups in total. The molecule has 1 aromatic rings. The molecule has 0 radical (unpaired) electrons. The molecule has 0 spiro atoms. The van der Waals surface area contributed by atoms with Gasteiger partial charge in [0.05, 0.1) is 6.61 Å². The van der Waals surface area contributed by atoms with Gasteiger partial charge in [-0.2, -0.15) is 0 Å². The first-order valence-corrected chi connectivity index (χ1v) is 5.83. The van der Waals surface area contributed by atoms with Crippen molar-refractivity contribution in [1.29, 1.82) is 0 Å². The molecule has 0 aromatic heterocycles. The van der Waals surface area contributed by atoms with Crippen LogP contribution in [0.3, 0.4) is 0 Å². The normalized spacial score (nSPS) is 11.9. The third kappa shape index (κ3) is 4.17. The molecule has 0 amide bonds. The first kappa shape index (κ1) is 14.8. The van der Waals surface area contributed by atoms with E-state index in [1.165, 1.54) is 12.1 Å². The minimum atomic E-state index is -2.00. The van der Waals surface area contributed by atoms with E-state index in [2.05, 4.69) is 0 Å². The van der Waals surface area contributed by atoms with Crippen LogP contribution < -0.4 is 0 Å². The first-order chi connectivity index (χ1) is 8.93. The molecule has 6 heteroatoms. The fraction of sp³-hybridized carbons (Fsp3) is 0.385. The average Bonchev–Trinajstić information content (AvgIpc) is 2.37. The third-order valence-electron chi connectivity index (χ3n) is 2.30. The van der Waals surface area contributed by atoms with Gasteiger partial charge in [-0.3, -0.25) is 14.9 Å². The molecule has 1 atom stereocenters. The van der Waals surface area contributed by atoms with Crippen molar-refractivity contribution in [2.24, 2.45) is 5.92 Å². The van der Waals surface area contributed by atoms with Gasteiger partial charge >= 0.3 is 12.0 Å². The maximum absolute atomic E-state index is 11.9. The minimum Gasteiger partial charge on any atom is -0.460 e. The Morgan fingerprint density at radius 3 is 2.32 bits per heavy atom. The molecule has 1 unspecified atom stereocenters. The molecule has 0 saturated carbocycles. The summed E-state index contributed by atoms with van der Waals surface area (Å²) in [4.78, 5) is 33.5. The molecule has 0 aliphatic heterocycles. The van der Waals surface area contributed by atoms with Gasteiger partial charge in [0, 0.05) is 10.5 Å². The SMILES string of the molecule is CC(C)COC(=O)C(C(=O)c1ccccc1)[N+](=O)[O-]. The van der Waals surface area contributed by atoms with E-state index >= 15 is 0 Å². The quantitative estimate of drug-likeness (QED) is 0.257. The number of nitrogens with zero attached hydrogens (tertiary/aromatic N) is 1. The molecular weight excluding hydrogens is 250 g/mol. The Labute approximate surface area is 110 Å². The lowest BCUT2D eigenvalue weighted by molar-refractivity contribution is -0.494. The maximum atomic E-state index is 11.9. The Bertz CT molecular complexity index is 469. The summed E-state index contributed by atoms with van der Waals surface area (Å²) >= 11 is 0. The second-order valence-electron chi connectivity index (χ2n) is 4.44. The molecule has 0 heterocycles. The molecule has 0 saturated heterocycles. The van der Waals surface area contributed by atoms with Crippen molar-refractivity contribution in [3.63, 3.8) is 0 Å². The Kier molecular flexibility index (Phi) is 5.17. The highest BCUT2D eigenvalue weighted by Gasteiger charge is 2.40. The summed E-state index contributed by atoms with van der Waals surface area (Å²) in [7, 11) is 0. The van der Waals surface area contributed by atoms with Crippen molar-refractivity contribution in [3.8, 4) is 0 Å². The number of benzene rings is 1.